The number of azo groups is 1. The molecule has 1 N–H and O–H groups in total. The molecule has 0 spiro atoms. The van der Waals surface area contributed by atoms with Crippen LogP contribution in [0.4, 0.5) is 11.4 Å². The number of hydrogen-bond acceptors (Lipinski definition) is 7. The Kier molecular flexibility index (Phi) is 5.91. The van der Waals surface area contributed by atoms with Crippen molar-refractivity contribution in [2.24, 2.45) is 15.2 Å². The lowest BCUT2D eigenvalue weighted by Gasteiger charge is -2.30. The van der Waals surface area contributed by atoms with Crippen LogP contribution >= 0.6 is 22.7 Å². The monoisotopic (exact) mass is 546 g/mol. The molecule has 2 aliphatic rings. The number of aromatic nitrogens is 1. The first-order valence-corrected chi connectivity index (χ1v) is 14.3. The molecular weight excluding hydrogens is 525 g/mol. The van der Waals surface area contributed by atoms with E-state index in [1.54, 1.807) is 35.6 Å². The molecule has 0 saturated heterocycles. The van der Waals surface area contributed by atoms with Crippen molar-refractivity contribution in [3.63, 3.8) is 0 Å². The summed E-state index contributed by atoms with van der Waals surface area (Å²) in [5, 5.41) is 21.3. The third kappa shape index (κ3) is 4.27. The summed E-state index contributed by atoms with van der Waals surface area (Å²) < 4.78 is 2.33. The van der Waals surface area contributed by atoms with Crippen molar-refractivity contribution >= 4 is 45.8 Å². The molecule has 2 aromatic heterocycles. The molecular formula is C31H22N4O2S2. The van der Waals surface area contributed by atoms with Gasteiger partial charge in [0.1, 0.15) is 5.75 Å². The quantitative estimate of drug-likeness (QED) is 0.261. The fourth-order valence-electron chi connectivity index (χ4n) is 5.19. The Bertz CT molecular complexity index is 1950. The highest BCUT2D eigenvalue weighted by molar-refractivity contribution is 7.10. The second-order valence-corrected chi connectivity index (χ2v) is 11.4. The van der Waals surface area contributed by atoms with Crippen LogP contribution in [0.5, 0.6) is 5.75 Å². The highest BCUT2D eigenvalue weighted by Gasteiger charge is 2.33. The van der Waals surface area contributed by atoms with Crippen LogP contribution in [0.15, 0.2) is 116 Å². The van der Waals surface area contributed by atoms with Gasteiger partial charge in [-0.15, -0.1) is 11.3 Å². The van der Waals surface area contributed by atoms with Crippen LogP contribution < -0.4 is 14.9 Å². The van der Waals surface area contributed by atoms with Gasteiger partial charge in [-0.1, -0.05) is 59.9 Å². The number of aromatic hydroxyl groups is 1. The summed E-state index contributed by atoms with van der Waals surface area (Å²) in [5.74, 6) is 0.0718. The van der Waals surface area contributed by atoms with E-state index in [1.807, 2.05) is 47.0 Å². The standard InChI is InChI=1S/C31H22N4O2S2/c36-25-15-13-22(34-33-21-8-2-1-3-9-21)17-20(25)18-27-30(37)35-29(26-11-6-16-38-26)24-14-12-19-7-4-5-10-23(19)28(24)32-31(35)39-27/h1-11,13,15-18,29,36H,12,14H2/b27-18+,34-33?/t29-/m1/s1. The molecule has 8 heteroatoms. The summed E-state index contributed by atoms with van der Waals surface area (Å²) in [7, 11) is 0. The van der Waals surface area contributed by atoms with Gasteiger partial charge in [0.15, 0.2) is 4.80 Å². The van der Waals surface area contributed by atoms with Crippen LogP contribution in [0.2, 0.25) is 0 Å². The first-order chi connectivity index (χ1) is 19.2. The first-order valence-electron chi connectivity index (χ1n) is 12.6. The van der Waals surface area contributed by atoms with Gasteiger partial charge in [-0.05, 0) is 71.8 Å². The van der Waals surface area contributed by atoms with Gasteiger partial charge in [0.05, 0.1) is 27.6 Å². The Hall–Kier alpha value is -4.40. The number of fused-ring (bicyclic) bond motifs is 3. The molecule has 0 fully saturated rings. The molecule has 1 atom stereocenters. The summed E-state index contributed by atoms with van der Waals surface area (Å²) in [5.41, 5.74) is 6.31. The minimum Gasteiger partial charge on any atom is -0.507 e. The van der Waals surface area contributed by atoms with E-state index >= 15 is 0 Å². The van der Waals surface area contributed by atoms with E-state index in [0.29, 0.717) is 20.6 Å². The fourth-order valence-corrected chi connectivity index (χ4v) is 7.03. The van der Waals surface area contributed by atoms with E-state index in [0.717, 1.165) is 34.7 Å². The Morgan fingerprint density at radius 3 is 2.59 bits per heavy atom. The van der Waals surface area contributed by atoms with Crippen LogP contribution in [0.3, 0.4) is 0 Å². The van der Waals surface area contributed by atoms with E-state index in [-0.39, 0.29) is 17.4 Å². The maximum absolute atomic E-state index is 13.9. The number of phenols is 1. The van der Waals surface area contributed by atoms with Gasteiger partial charge in [0.25, 0.3) is 5.56 Å². The van der Waals surface area contributed by atoms with Crippen LogP contribution in [0, 0.1) is 0 Å². The van der Waals surface area contributed by atoms with Crippen LogP contribution in [0.25, 0.3) is 11.8 Å². The maximum atomic E-state index is 13.9. The van der Waals surface area contributed by atoms with Gasteiger partial charge in [0, 0.05) is 16.0 Å². The predicted molar refractivity (Wildman–Crippen MR) is 156 cm³/mol. The van der Waals surface area contributed by atoms with Crippen molar-refractivity contribution in [2.75, 3.05) is 0 Å². The van der Waals surface area contributed by atoms with Crippen LogP contribution in [-0.4, -0.2) is 9.67 Å². The molecule has 7 rings (SSSR count). The molecule has 3 aromatic carbocycles. The zero-order chi connectivity index (χ0) is 26.3. The molecule has 190 valence electrons. The SMILES string of the molecule is O=c1/c(=C\c2cc(N=Nc3ccccc3)ccc2O)sc2n1[C@@H](c1cccs1)C1=C(N=2)c2ccccc2CC1. The Morgan fingerprint density at radius 2 is 1.74 bits per heavy atom. The number of allylic oxidation sites excluding steroid dienone is 1. The number of thiophene rings is 1. The average molecular weight is 547 g/mol. The number of rotatable bonds is 4. The van der Waals surface area contributed by atoms with Gasteiger partial charge < -0.3 is 5.11 Å². The summed E-state index contributed by atoms with van der Waals surface area (Å²) in [6, 6.07) is 26.8. The van der Waals surface area contributed by atoms with Gasteiger partial charge >= 0.3 is 0 Å². The number of nitrogens with zero attached hydrogens (tertiary/aromatic N) is 4. The van der Waals surface area contributed by atoms with Crippen molar-refractivity contribution in [3.05, 3.63) is 137 Å². The smallest absolute Gasteiger partial charge is 0.271 e. The Labute approximate surface area is 231 Å². The predicted octanol–water partition coefficient (Wildman–Crippen LogP) is 6.50. The van der Waals surface area contributed by atoms with Crippen molar-refractivity contribution in [1.29, 1.82) is 0 Å². The summed E-state index contributed by atoms with van der Waals surface area (Å²) in [6.07, 6.45) is 3.51. The second kappa shape index (κ2) is 9.72. The lowest BCUT2D eigenvalue weighted by molar-refractivity contribution is 0.474. The fraction of sp³-hybridized carbons (Fsp3) is 0.0968. The Balaban J connectivity index is 1.37. The van der Waals surface area contributed by atoms with E-state index in [2.05, 4.69) is 39.9 Å². The Morgan fingerprint density at radius 1 is 0.923 bits per heavy atom. The van der Waals surface area contributed by atoms with Crippen LogP contribution in [-0.2, 0) is 6.42 Å². The van der Waals surface area contributed by atoms with Crippen molar-refractivity contribution in [2.45, 2.75) is 18.9 Å². The molecule has 0 radical (unpaired) electrons. The van der Waals surface area contributed by atoms with Crippen molar-refractivity contribution in [3.8, 4) is 5.75 Å². The van der Waals surface area contributed by atoms with Gasteiger partial charge in [-0.2, -0.15) is 10.2 Å². The zero-order valence-electron chi connectivity index (χ0n) is 20.7. The minimum atomic E-state index is -0.189. The first kappa shape index (κ1) is 23.7. The number of hydrogen-bond donors (Lipinski definition) is 1. The maximum Gasteiger partial charge on any atom is 0.271 e. The molecule has 1 aliphatic heterocycles. The number of benzene rings is 3. The van der Waals surface area contributed by atoms with E-state index < -0.39 is 0 Å². The normalized spacial score (nSPS) is 16.6. The second-order valence-electron chi connectivity index (χ2n) is 9.41. The number of thiazole rings is 1. The van der Waals surface area contributed by atoms with E-state index in [4.69, 9.17) is 4.99 Å². The van der Waals surface area contributed by atoms with E-state index in [1.165, 1.54) is 22.5 Å². The average Bonchev–Trinajstić information content (AvgIpc) is 3.61. The number of phenolic OH excluding ortho intramolecular Hbond substituents is 1. The molecule has 39 heavy (non-hydrogen) atoms. The highest BCUT2D eigenvalue weighted by Crippen LogP contribution is 2.42. The van der Waals surface area contributed by atoms with Crippen molar-refractivity contribution in [1.82, 2.24) is 4.57 Å². The lowest BCUT2D eigenvalue weighted by Crippen LogP contribution is -2.38. The largest absolute Gasteiger partial charge is 0.507 e. The summed E-state index contributed by atoms with van der Waals surface area (Å²) in [4.78, 5) is 20.7. The van der Waals surface area contributed by atoms with E-state index in [9.17, 15) is 9.90 Å². The van der Waals surface area contributed by atoms with Crippen LogP contribution in [0.1, 0.15) is 34.0 Å². The molecule has 0 unspecified atom stereocenters. The highest BCUT2D eigenvalue weighted by atomic mass is 32.1. The number of aryl methyl sites for hydroxylation is 1. The molecule has 1 aliphatic carbocycles. The molecule has 0 amide bonds. The van der Waals surface area contributed by atoms with Crippen molar-refractivity contribution < 1.29 is 5.11 Å². The third-order valence-corrected chi connectivity index (χ3v) is 8.93. The zero-order valence-corrected chi connectivity index (χ0v) is 22.3. The summed E-state index contributed by atoms with van der Waals surface area (Å²) >= 11 is 3.00. The topological polar surface area (TPSA) is 79.3 Å². The van der Waals surface area contributed by atoms with Gasteiger partial charge in [-0.25, -0.2) is 4.99 Å². The molecule has 6 nitrogen and oxygen atoms in total. The molecule has 5 aromatic rings. The lowest BCUT2D eigenvalue weighted by atomic mass is 9.85. The third-order valence-electron chi connectivity index (χ3n) is 7.02. The van der Waals surface area contributed by atoms with Gasteiger partial charge in [0.2, 0.25) is 0 Å². The molecule has 0 saturated carbocycles. The molecule has 0 bridgehead atoms. The summed E-state index contributed by atoms with van der Waals surface area (Å²) in [6.45, 7) is 0. The minimum absolute atomic E-state index is 0.0718. The molecule has 3 heterocycles. The van der Waals surface area contributed by atoms with Gasteiger partial charge in [-0.3, -0.25) is 9.36 Å².